The van der Waals surface area contributed by atoms with Gasteiger partial charge < -0.3 is 10.8 Å². The van der Waals surface area contributed by atoms with E-state index < -0.39 is 22.0 Å². The average molecular weight is 241 g/mol. The molecule has 3 N–H and O–H groups in total. The van der Waals surface area contributed by atoms with Crippen molar-refractivity contribution in [3.8, 4) is 0 Å². The molecule has 0 fully saturated rings. The minimum absolute atomic E-state index is 0.103. The summed E-state index contributed by atoms with van der Waals surface area (Å²) in [5, 5.41) is 7.83. The van der Waals surface area contributed by atoms with Gasteiger partial charge in [-0.3, -0.25) is 9.00 Å². The van der Waals surface area contributed by atoms with E-state index in [1.807, 2.05) is 31.2 Å². The highest BCUT2D eigenvalue weighted by Crippen LogP contribution is 2.11. The standard InChI is InChI=1S/C11H15NO3S/c1-8-4-2-3-5-9(8)7-16(15)10(6-12)11(13)14/h2-5,10H,6-7,12H2,1H3,(H,13,14). The van der Waals surface area contributed by atoms with E-state index in [0.29, 0.717) is 0 Å². The lowest BCUT2D eigenvalue weighted by Gasteiger charge is -2.10. The lowest BCUT2D eigenvalue weighted by Crippen LogP contribution is -2.34. The molecule has 4 nitrogen and oxygen atoms in total. The summed E-state index contributed by atoms with van der Waals surface area (Å²) in [5.74, 6) is -0.865. The molecule has 1 rings (SSSR count). The quantitative estimate of drug-likeness (QED) is 0.793. The SMILES string of the molecule is Cc1ccccc1CS(=O)C(CN)C(=O)O. The summed E-state index contributed by atoms with van der Waals surface area (Å²) in [5.41, 5.74) is 7.21. The van der Waals surface area contributed by atoms with Crippen molar-refractivity contribution in [3.05, 3.63) is 35.4 Å². The van der Waals surface area contributed by atoms with Crippen molar-refractivity contribution in [1.29, 1.82) is 0 Å². The van der Waals surface area contributed by atoms with Crippen LogP contribution in [-0.2, 0) is 21.3 Å². The van der Waals surface area contributed by atoms with Crippen LogP contribution in [0, 0.1) is 6.92 Å². The molecule has 0 aliphatic rings. The Kier molecular flexibility index (Phi) is 4.64. The third-order valence-electron chi connectivity index (χ3n) is 2.37. The Morgan fingerprint density at radius 1 is 1.50 bits per heavy atom. The van der Waals surface area contributed by atoms with Crippen LogP contribution in [-0.4, -0.2) is 27.1 Å². The minimum Gasteiger partial charge on any atom is -0.480 e. The molecule has 0 spiro atoms. The van der Waals surface area contributed by atoms with E-state index in [0.717, 1.165) is 11.1 Å². The first-order valence-electron chi connectivity index (χ1n) is 4.90. The molecule has 88 valence electrons. The Morgan fingerprint density at radius 3 is 2.62 bits per heavy atom. The van der Waals surface area contributed by atoms with Gasteiger partial charge >= 0.3 is 5.97 Å². The molecular weight excluding hydrogens is 226 g/mol. The van der Waals surface area contributed by atoms with Crippen molar-refractivity contribution < 1.29 is 14.1 Å². The minimum atomic E-state index is -1.47. The molecule has 2 atom stereocenters. The monoisotopic (exact) mass is 241 g/mol. The van der Waals surface area contributed by atoms with Gasteiger partial charge in [-0.2, -0.15) is 0 Å². The number of nitrogens with two attached hydrogens (primary N) is 1. The van der Waals surface area contributed by atoms with E-state index in [4.69, 9.17) is 10.8 Å². The van der Waals surface area contributed by atoms with E-state index in [2.05, 4.69) is 0 Å². The molecule has 0 heterocycles. The van der Waals surface area contributed by atoms with Gasteiger partial charge in [0.05, 0.1) is 0 Å². The molecule has 0 bridgehead atoms. The first-order valence-corrected chi connectivity index (χ1v) is 6.29. The topological polar surface area (TPSA) is 80.4 Å². The highest BCUT2D eigenvalue weighted by molar-refractivity contribution is 7.85. The summed E-state index contributed by atoms with van der Waals surface area (Å²) >= 11 is 0. The van der Waals surface area contributed by atoms with Crippen LogP contribution in [0.4, 0.5) is 0 Å². The van der Waals surface area contributed by atoms with Gasteiger partial charge in [0.1, 0.15) is 5.25 Å². The fraction of sp³-hybridized carbons (Fsp3) is 0.364. The van der Waals surface area contributed by atoms with Crippen molar-refractivity contribution in [2.75, 3.05) is 6.54 Å². The zero-order valence-electron chi connectivity index (χ0n) is 9.05. The van der Waals surface area contributed by atoms with Crippen LogP contribution < -0.4 is 5.73 Å². The molecule has 2 unspecified atom stereocenters. The number of benzene rings is 1. The molecule has 0 saturated carbocycles. The Bertz CT molecular complexity index is 406. The third kappa shape index (κ3) is 3.15. The molecule has 0 aliphatic carbocycles. The number of carboxylic acids is 1. The molecule has 0 aromatic heterocycles. The van der Waals surface area contributed by atoms with Crippen molar-refractivity contribution in [1.82, 2.24) is 0 Å². The molecule has 0 radical (unpaired) electrons. The Hall–Kier alpha value is -1.20. The second-order valence-electron chi connectivity index (χ2n) is 3.51. The highest BCUT2D eigenvalue weighted by atomic mass is 32.2. The zero-order chi connectivity index (χ0) is 12.1. The summed E-state index contributed by atoms with van der Waals surface area (Å²) < 4.78 is 11.8. The van der Waals surface area contributed by atoms with E-state index in [1.165, 1.54) is 0 Å². The van der Waals surface area contributed by atoms with Crippen LogP contribution in [0.3, 0.4) is 0 Å². The molecule has 0 saturated heterocycles. The molecule has 0 amide bonds. The van der Waals surface area contributed by atoms with Crippen LogP contribution in [0.1, 0.15) is 11.1 Å². The number of hydrogen-bond acceptors (Lipinski definition) is 3. The number of aryl methyl sites for hydroxylation is 1. The molecule has 5 heteroatoms. The van der Waals surface area contributed by atoms with Crippen LogP contribution in [0.2, 0.25) is 0 Å². The number of carbonyl (C=O) groups is 1. The number of carboxylic acid groups (broad SMARTS) is 1. The highest BCUT2D eigenvalue weighted by Gasteiger charge is 2.23. The van der Waals surface area contributed by atoms with Crippen LogP contribution >= 0.6 is 0 Å². The molecular formula is C11H15NO3S. The lowest BCUT2D eigenvalue weighted by molar-refractivity contribution is -0.136. The van der Waals surface area contributed by atoms with E-state index >= 15 is 0 Å². The maximum Gasteiger partial charge on any atom is 0.320 e. The molecule has 16 heavy (non-hydrogen) atoms. The van der Waals surface area contributed by atoms with Gasteiger partial charge in [0.25, 0.3) is 0 Å². The summed E-state index contributed by atoms with van der Waals surface area (Å²) in [6.07, 6.45) is 0. The fourth-order valence-corrected chi connectivity index (χ4v) is 2.62. The van der Waals surface area contributed by atoms with E-state index in [1.54, 1.807) is 0 Å². The first kappa shape index (κ1) is 12.9. The fourth-order valence-electron chi connectivity index (χ4n) is 1.35. The van der Waals surface area contributed by atoms with Gasteiger partial charge in [-0.1, -0.05) is 24.3 Å². The summed E-state index contributed by atoms with van der Waals surface area (Å²) in [7, 11) is -1.47. The Labute approximate surface area is 96.9 Å². The zero-order valence-corrected chi connectivity index (χ0v) is 9.87. The van der Waals surface area contributed by atoms with Gasteiger partial charge in [-0.25, -0.2) is 0 Å². The summed E-state index contributed by atoms with van der Waals surface area (Å²) in [6, 6.07) is 7.49. The van der Waals surface area contributed by atoms with Crippen molar-refractivity contribution in [2.45, 2.75) is 17.9 Å². The van der Waals surface area contributed by atoms with Gasteiger partial charge in [-0.15, -0.1) is 0 Å². The first-order chi connectivity index (χ1) is 7.56. The van der Waals surface area contributed by atoms with Gasteiger partial charge in [0, 0.05) is 23.1 Å². The third-order valence-corrected chi connectivity index (χ3v) is 3.99. The predicted octanol–water partition coefficient (Wildman–Crippen LogP) is 0.656. The smallest absolute Gasteiger partial charge is 0.320 e. The molecule has 1 aromatic rings. The second kappa shape index (κ2) is 5.77. The summed E-state index contributed by atoms with van der Waals surface area (Å²) in [6.45, 7) is 1.80. The largest absolute Gasteiger partial charge is 0.480 e. The number of aliphatic carboxylic acids is 1. The Balaban J connectivity index is 2.78. The lowest BCUT2D eigenvalue weighted by atomic mass is 10.1. The second-order valence-corrected chi connectivity index (χ2v) is 5.13. The number of hydrogen-bond donors (Lipinski definition) is 2. The van der Waals surface area contributed by atoms with Crippen molar-refractivity contribution in [3.63, 3.8) is 0 Å². The average Bonchev–Trinajstić information content (AvgIpc) is 2.22. The maximum absolute atomic E-state index is 11.8. The molecule has 1 aromatic carbocycles. The van der Waals surface area contributed by atoms with Crippen molar-refractivity contribution >= 4 is 16.8 Å². The van der Waals surface area contributed by atoms with Crippen molar-refractivity contribution in [2.24, 2.45) is 5.73 Å². The van der Waals surface area contributed by atoms with E-state index in [-0.39, 0.29) is 12.3 Å². The maximum atomic E-state index is 11.8. The van der Waals surface area contributed by atoms with Gasteiger partial charge in [0.15, 0.2) is 0 Å². The number of rotatable bonds is 5. The van der Waals surface area contributed by atoms with Crippen LogP contribution in [0.5, 0.6) is 0 Å². The molecule has 0 aliphatic heterocycles. The van der Waals surface area contributed by atoms with Gasteiger partial charge in [0.2, 0.25) is 0 Å². The predicted molar refractivity (Wildman–Crippen MR) is 63.5 cm³/mol. The normalized spacial score (nSPS) is 14.4. The van der Waals surface area contributed by atoms with Crippen LogP contribution in [0.15, 0.2) is 24.3 Å². The summed E-state index contributed by atoms with van der Waals surface area (Å²) in [4.78, 5) is 10.8. The van der Waals surface area contributed by atoms with E-state index in [9.17, 15) is 9.00 Å². The van der Waals surface area contributed by atoms with Crippen LogP contribution in [0.25, 0.3) is 0 Å². The van der Waals surface area contributed by atoms with Gasteiger partial charge in [-0.05, 0) is 18.1 Å². The Morgan fingerprint density at radius 2 is 2.12 bits per heavy atom.